The predicted octanol–water partition coefficient (Wildman–Crippen LogP) is 7.76. The Morgan fingerprint density at radius 1 is 0.812 bits per heavy atom. The third kappa shape index (κ3) is 3.21. The monoisotopic (exact) mass is 504 g/mol. The number of benzene rings is 2. The van der Waals surface area contributed by atoms with Crippen LogP contribution in [0.5, 0.6) is 11.5 Å². The van der Waals surface area contributed by atoms with Gasteiger partial charge in [-0.15, -0.1) is 0 Å². The molecular weight excluding hydrogens is 481 g/mol. The van der Waals surface area contributed by atoms with Crippen molar-refractivity contribution in [2.75, 3.05) is 0 Å². The second kappa shape index (κ2) is 8.15. The molecule has 0 fully saturated rings. The Morgan fingerprint density at radius 3 is 2.16 bits per heavy atom. The van der Waals surface area contributed by atoms with Gasteiger partial charge in [0.1, 0.15) is 22.9 Å². The van der Waals surface area contributed by atoms with Gasteiger partial charge in [0.15, 0.2) is 5.60 Å². The lowest BCUT2D eigenvalue weighted by Gasteiger charge is -2.50. The topological polar surface area (TPSA) is 44.8 Å². The van der Waals surface area contributed by atoms with Gasteiger partial charge in [0.05, 0.1) is 16.0 Å². The van der Waals surface area contributed by atoms with E-state index in [-0.39, 0.29) is 5.78 Å². The predicted molar refractivity (Wildman–Crippen MR) is 137 cm³/mol. The highest BCUT2D eigenvalue weighted by atomic mass is 33.7. The summed E-state index contributed by atoms with van der Waals surface area (Å²) in [5.74, 6) is 2.06. The molecule has 0 aromatic heterocycles. The Kier molecular flexibility index (Phi) is 5.72. The van der Waals surface area contributed by atoms with Crippen LogP contribution in [0.3, 0.4) is 0 Å². The van der Waals surface area contributed by atoms with Crippen molar-refractivity contribution in [1.29, 1.82) is 0 Å². The highest BCUT2D eigenvalue weighted by Crippen LogP contribution is 2.64. The standard InChI is InChI=1S/C24H24O4S4/c1-5-22(3)21-19(15-11-7-9-13-17(15)26-22)28-24(30-32-31-29-21)20(25)16-12-8-10-14-18(16)27-23(24,4)6-2/h7-14H,5-6H2,1-4H3. The molecule has 3 heterocycles. The summed E-state index contributed by atoms with van der Waals surface area (Å²) < 4.78 is 19.9. The first-order valence-electron chi connectivity index (χ1n) is 10.6. The third-order valence-electron chi connectivity index (χ3n) is 6.51. The van der Waals surface area contributed by atoms with Crippen molar-refractivity contribution in [3.8, 4) is 11.5 Å². The maximum Gasteiger partial charge on any atom is 0.266 e. The number of fused-ring (bicyclic) bond motifs is 3. The van der Waals surface area contributed by atoms with Crippen LogP contribution in [-0.4, -0.2) is 21.9 Å². The molecule has 3 atom stereocenters. The molecule has 168 valence electrons. The lowest BCUT2D eigenvalue weighted by molar-refractivity contribution is -0.0574. The zero-order chi connectivity index (χ0) is 22.6. The first-order chi connectivity index (χ1) is 15.4. The van der Waals surface area contributed by atoms with E-state index in [2.05, 4.69) is 13.8 Å². The van der Waals surface area contributed by atoms with Crippen LogP contribution in [0.2, 0.25) is 0 Å². The summed E-state index contributed by atoms with van der Waals surface area (Å²) >= 11 is 0. The normalized spacial score (nSPS) is 31.3. The number of para-hydroxylation sites is 2. The maximum atomic E-state index is 14.1. The molecule has 0 N–H and O–H groups in total. The molecule has 0 aliphatic carbocycles. The van der Waals surface area contributed by atoms with Crippen molar-refractivity contribution in [1.82, 2.24) is 0 Å². The SMILES string of the molecule is CCC1(C)Oc2ccccc2C2=C1SSSSC1(O2)C(=O)c2ccccc2OC1(C)CC. The van der Waals surface area contributed by atoms with Gasteiger partial charge in [0.2, 0.25) is 5.78 Å². The highest BCUT2D eigenvalue weighted by Gasteiger charge is 2.63. The van der Waals surface area contributed by atoms with Crippen LogP contribution in [0.1, 0.15) is 56.5 Å². The second-order valence-corrected chi connectivity index (χ2v) is 14.2. The molecule has 3 aliphatic rings. The second-order valence-electron chi connectivity index (χ2n) is 8.37. The van der Waals surface area contributed by atoms with Crippen molar-refractivity contribution in [2.45, 2.75) is 56.7 Å². The van der Waals surface area contributed by atoms with E-state index in [0.717, 1.165) is 28.4 Å². The molecule has 0 radical (unpaired) electrons. The van der Waals surface area contributed by atoms with Crippen molar-refractivity contribution in [3.05, 3.63) is 64.6 Å². The van der Waals surface area contributed by atoms with E-state index in [4.69, 9.17) is 14.2 Å². The zero-order valence-corrected chi connectivity index (χ0v) is 21.6. The molecule has 1 spiro atoms. The number of ketones is 1. The largest absolute Gasteiger partial charge is 0.481 e. The van der Waals surface area contributed by atoms with Gasteiger partial charge in [0.25, 0.3) is 4.93 Å². The molecule has 0 saturated heterocycles. The molecular formula is C24H24O4S4. The van der Waals surface area contributed by atoms with E-state index < -0.39 is 16.1 Å². The highest BCUT2D eigenvalue weighted by molar-refractivity contribution is 9.26. The Balaban J connectivity index is 1.75. The molecule has 2 aromatic carbocycles. The summed E-state index contributed by atoms with van der Waals surface area (Å²) in [6.45, 7) is 8.23. The summed E-state index contributed by atoms with van der Waals surface area (Å²) in [7, 11) is 6.30. The molecule has 3 unspecified atom stereocenters. The summed E-state index contributed by atoms with van der Waals surface area (Å²) in [6.07, 6.45) is 1.39. The summed E-state index contributed by atoms with van der Waals surface area (Å²) in [6, 6.07) is 15.4. The summed E-state index contributed by atoms with van der Waals surface area (Å²) in [5.41, 5.74) is 0.0423. The number of hydrogen-bond acceptors (Lipinski definition) is 8. The van der Waals surface area contributed by atoms with Crippen LogP contribution in [-0.2, 0) is 4.74 Å². The number of rotatable bonds is 2. The van der Waals surface area contributed by atoms with Crippen molar-refractivity contribution in [3.63, 3.8) is 0 Å². The Labute approximate surface area is 203 Å². The first kappa shape index (κ1) is 22.4. The zero-order valence-electron chi connectivity index (χ0n) is 18.3. The summed E-state index contributed by atoms with van der Waals surface area (Å²) in [4.78, 5) is 13.9. The van der Waals surface area contributed by atoms with Gasteiger partial charge in [-0.1, -0.05) is 38.1 Å². The molecule has 3 aliphatic heterocycles. The smallest absolute Gasteiger partial charge is 0.266 e. The fraction of sp³-hybridized carbons (Fsp3) is 0.375. The van der Waals surface area contributed by atoms with Crippen molar-refractivity contribution in [2.24, 2.45) is 0 Å². The van der Waals surface area contributed by atoms with Crippen LogP contribution in [0.25, 0.3) is 5.76 Å². The number of carbonyl (C=O) groups excluding carboxylic acids is 1. The molecule has 4 nitrogen and oxygen atoms in total. The fourth-order valence-corrected chi connectivity index (χ4v) is 11.4. The van der Waals surface area contributed by atoms with Crippen LogP contribution in [0.4, 0.5) is 0 Å². The molecule has 32 heavy (non-hydrogen) atoms. The van der Waals surface area contributed by atoms with Crippen LogP contribution < -0.4 is 9.47 Å². The van der Waals surface area contributed by atoms with Gasteiger partial charge >= 0.3 is 0 Å². The van der Waals surface area contributed by atoms with E-state index in [0.29, 0.717) is 17.7 Å². The minimum absolute atomic E-state index is 0.0530. The van der Waals surface area contributed by atoms with E-state index in [1.807, 2.05) is 62.4 Å². The lowest BCUT2D eigenvalue weighted by atomic mass is 9.85. The fourth-order valence-electron chi connectivity index (χ4n) is 4.18. The lowest BCUT2D eigenvalue weighted by Crippen LogP contribution is -2.62. The Hall–Kier alpha value is -1.35. The third-order valence-corrected chi connectivity index (χ3v) is 13.4. The Bertz CT molecular complexity index is 1120. The van der Waals surface area contributed by atoms with Crippen molar-refractivity contribution >= 4 is 52.8 Å². The molecule has 8 heteroatoms. The minimum atomic E-state index is -1.24. The van der Waals surface area contributed by atoms with E-state index in [1.165, 1.54) is 10.8 Å². The molecule has 0 saturated carbocycles. The first-order valence-corrected chi connectivity index (χ1v) is 15.4. The number of hydrogen-bond donors (Lipinski definition) is 0. The van der Waals surface area contributed by atoms with Crippen LogP contribution in [0, 0.1) is 0 Å². The van der Waals surface area contributed by atoms with Crippen LogP contribution >= 0.6 is 41.2 Å². The molecule has 0 bridgehead atoms. The quantitative estimate of drug-likeness (QED) is 0.384. The van der Waals surface area contributed by atoms with Gasteiger partial charge in [-0.25, -0.2) is 0 Å². The minimum Gasteiger partial charge on any atom is -0.481 e. The summed E-state index contributed by atoms with van der Waals surface area (Å²) in [5, 5.41) is 0. The van der Waals surface area contributed by atoms with Crippen molar-refractivity contribution < 1.29 is 19.0 Å². The number of Topliss-reactive ketones (excluding diaryl/α,β-unsaturated/α-hetero) is 1. The van der Waals surface area contributed by atoms with Gasteiger partial charge in [-0.3, -0.25) is 4.79 Å². The van der Waals surface area contributed by atoms with Gasteiger partial charge in [-0.05, 0) is 92.2 Å². The van der Waals surface area contributed by atoms with E-state index >= 15 is 0 Å². The van der Waals surface area contributed by atoms with Gasteiger partial charge in [-0.2, -0.15) is 0 Å². The average molecular weight is 505 g/mol. The average Bonchev–Trinajstić information content (AvgIpc) is 2.79. The molecule has 5 rings (SSSR count). The number of ether oxygens (including phenoxy) is 3. The Morgan fingerprint density at radius 2 is 1.47 bits per heavy atom. The number of carbonyl (C=O) groups is 1. The molecule has 0 amide bonds. The van der Waals surface area contributed by atoms with Crippen LogP contribution in [0.15, 0.2) is 53.4 Å². The van der Waals surface area contributed by atoms with Gasteiger partial charge < -0.3 is 14.2 Å². The maximum absolute atomic E-state index is 14.1. The van der Waals surface area contributed by atoms with E-state index in [1.54, 1.807) is 30.4 Å². The molecule has 2 aromatic rings. The van der Waals surface area contributed by atoms with Gasteiger partial charge in [0, 0.05) is 0 Å². The van der Waals surface area contributed by atoms with E-state index in [9.17, 15) is 4.79 Å².